The van der Waals surface area contributed by atoms with Gasteiger partial charge in [-0.2, -0.15) is 0 Å². The van der Waals surface area contributed by atoms with Crippen LogP contribution in [0.15, 0.2) is 17.1 Å². The Labute approximate surface area is 88.1 Å². The summed E-state index contributed by atoms with van der Waals surface area (Å²) >= 11 is 2.02. The van der Waals surface area contributed by atoms with Gasteiger partial charge in [0.2, 0.25) is 0 Å². The van der Waals surface area contributed by atoms with Crippen molar-refractivity contribution in [2.45, 2.75) is 12.8 Å². The summed E-state index contributed by atoms with van der Waals surface area (Å²) in [6.45, 7) is 0. The zero-order valence-corrected chi connectivity index (χ0v) is 8.87. The third-order valence-electron chi connectivity index (χ3n) is 1.60. The lowest BCUT2D eigenvalue weighted by Gasteiger charge is -1.99. The molecule has 1 aromatic rings. The quantitative estimate of drug-likeness (QED) is 0.817. The number of hydrogen-bond acceptors (Lipinski definition) is 2. The highest BCUT2D eigenvalue weighted by Gasteiger charge is 2.06. The van der Waals surface area contributed by atoms with E-state index in [0.717, 1.165) is 3.57 Å². The molecule has 0 aliphatic carbocycles. The maximum absolute atomic E-state index is 11.2. The Morgan fingerprint density at radius 1 is 1.62 bits per heavy atom. The van der Waals surface area contributed by atoms with E-state index in [1.165, 1.54) is 0 Å². The lowest BCUT2D eigenvalue weighted by molar-refractivity contribution is -0.136. The summed E-state index contributed by atoms with van der Waals surface area (Å²) in [6.07, 6.45) is 1.82. The zero-order valence-electron chi connectivity index (χ0n) is 6.71. The van der Waals surface area contributed by atoms with Gasteiger partial charge in [0.05, 0.1) is 0 Å². The number of pyridine rings is 1. The van der Waals surface area contributed by atoms with Crippen molar-refractivity contribution in [1.29, 1.82) is 0 Å². The molecule has 0 bridgehead atoms. The van der Waals surface area contributed by atoms with Gasteiger partial charge in [0.25, 0.3) is 5.56 Å². The van der Waals surface area contributed by atoms with E-state index in [1.54, 1.807) is 12.3 Å². The molecule has 4 nitrogen and oxygen atoms in total. The fourth-order valence-electron chi connectivity index (χ4n) is 0.952. The van der Waals surface area contributed by atoms with E-state index < -0.39 is 5.97 Å². The fraction of sp³-hybridized carbons (Fsp3) is 0.250. The number of nitrogens with one attached hydrogen (secondary N) is 1. The third-order valence-corrected chi connectivity index (χ3v) is 2.61. The topological polar surface area (TPSA) is 70.2 Å². The molecule has 0 unspecified atom stereocenters. The van der Waals surface area contributed by atoms with Crippen molar-refractivity contribution in [3.05, 3.63) is 31.8 Å². The molecule has 70 valence electrons. The van der Waals surface area contributed by atoms with Gasteiger partial charge in [-0.3, -0.25) is 9.59 Å². The van der Waals surface area contributed by atoms with Crippen LogP contribution in [-0.2, 0) is 11.2 Å². The van der Waals surface area contributed by atoms with Crippen LogP contribution in [0.4, 0.5) is 0 Å². The Kier molecular flexibility index (Phi) is 3.47. The van der Waals surface area contributed by atoms with E-state index in [1.807, 2.05) is 22.6 Å². The SMILES string of the molecule is O=C(O)CCc1c(I)cc[nH]c1=O. The minimum atomic E-state index is -0.890. The first-order valence-corrected chi connectivity index (χ1v) is 4.77. The van der Waals surface area contributed by atoms with Crippen molar-refractivity contribution in [3.63, 3.8) is 0 Å². The predicted molar refractivity (Wildman–Crippen MR) is 55.7 cm³/mol. The van der Waals surface area contributed by atoms with Crippen molar-refractivity contribution in [2.75, 3.05) is 0 Å². The average Bonchev–Trinajstić information content (AvgIpc) is 2.03. The Balaban J connectivity index is 2.87. The lowest BCUT2D eigenvalue weighted by atomic mass is 10.1. The van der Waals surface area contributed by atoms with Gasteiger partial charge in [0.15, 0.2) is 0 Å². The van der Waals surface area contributed by atoms with Gasteiger partial charge in [-0.1, -0.05) is 0 Å². The minimum Gasteiger partial charge on any atom is -0.481 e. The highest BCUT2D eigenvalue weighted by atomic mass is 127. The summed E-state index contributed by atoms with van der Waals surface area (Å²) in [7, 11) is 0. The molecule has 0 saturated carbocycles. The molecule has 0 aliphatic heterocycles. The number of rotatable bonds is 3. The van der Waals surface area contributed by atoms with E-state index in [2.05, 4.69) is 4.98 Å². The number of aliphatic carboxylic acids is 1. The molecule has 0 spiro atoms. The molecule has 1 rings (SSSR count). The number of carboxylic acid groups (broad SMARTS) is 1. The van der Waals surface area contributed by atoms with Crippen molar-refractivity contribution >= 4 is 28.6 Å². The smallest absolute Gasteiger partial charge is 0.303 e. The molecule has 0 fully saturated rings. The Morgan fingerprint density at radius 2 is 2.31 bits per heavy atom. The molecule has 0 radical (unpaired) electrons. The van der Waals surface area contributed by atoms with Gasteiger partial charge in [0, 0.05) is 21.8 Å². The Morgan fingerprint density at radius 3 is 2.85 bits per heavy atom. The van der Waals surface area contributed by atoms with Crippen LogP contribution in [0.1, 0.15) is 12.0 Å². The monoisotopic (exact) mass is 293 g/mol. The molecule has 0 saturated heterocycles. The summed E-state index contributed by atoms with van der Waals surface area (Å²) in [5.41, 5.74) is 0.346. The fourth-order valence-corrected chi connectivity index (χ4v) is 1.65. The Hall–Kier alpha value is -0.850. The first kappa shape index (κ1) is 10.2. The average molecular weight is 293 g/mol. The standard InChI is InChI=1S/C8H8INO3/c9-6-3-4-10-8(13)5(6)1-2-7(11)12/h3-4H,1-2H2,(H,10,13)(H,11,12). The van der Waals surface area contributed by atoms with Crippen LogP contribution in [0.2, 0.25) is 0 Å². The molecule has 5 heteroatoms. The first-order chi connectivity index (χ1) is 6.11. The van der Waals surface area contributed by atoms with Crippen LogP contribution in [0, 0.1) is 3.57 Å². The largest absolute Gasteiger partial charge is 0.481 e. The first-order valence-electron chi connectivity index (χ1n) is 3.69. The molecule has 2 N–H and O–H groups in total. The van der Waals surface area contributed by atoms with Crippen molar-refractivity contribution < 1.29 is 9.90 Å². The van der Waals surface area contributed by atoms with Crippen LogP contribution >= 0.6 is 22.6 Å². The van der Waals surface area contributed by atoms with Gasteiger partial charge >= 0.3 is 5.97 Å². The summed E-state index contributed by atoms with van der Waals surface area (Å²) < 4.78 is 0.808. The van der Waals surface area contributed by atoms with Crippen molar-refractivity contribution in [1.82, 2.24) is 4.98 Å². The predicted octanol–water partition coefficient (Wildman–Crippen LogP) is 0.997. The van der Waals surface area contributed by atoms with Gasteiger partial charge in [-0.05, 0) is 35.1 Å². The van der Waals surface area contributed by atoms with Gasteiger partial charge in [-0.15, -0.1) is 0 Å². The van der Waals surface area contributed by atoms with Crippen LogP contribution in [0.25, 0.3) is 0 Å². The molecule has 0 atom stereocenters. The second-order valence-electron chi connectivity index (χ2n) is 2.53. The molecule has 0 amide bonds. The molecular formula is C8H8INO3. The molecule has 13 heavy (non-hydrogen) atoms. The lowest BCUT2D eigenvalue weighted by Crippen LogP contribution is -2.14. The van der Waals surface area contributed by atoms with E-state index in [4.69, 9.17) is 5.11 Å². The minimum absolute atomic E-state index is 0.0108. The summed E-state index contributed by atoms with van der Waals surface area (Å²) in [5.74, 6) is -0.890. The Bertz CT molecular complexity index is 372. The highest BCUT2D eigenvalue weighted by molar-refractivity contribution is 14.1. The van der Waals surface area contributed by atoms with Crippen LogP contribution in [-0.4, -0.2) is 16.1 Å². The number of halogens is 1. The van der Waals surface area contributed by atoms with Crippen molar-refractivity contribution in [3.8, 4) is 0 Å². The maximum Gasteiger partial charge on any atom is 0.303 e. The molecule has 1 aromatic heterocycles. The van der Waals surface area contributed by atoms with E-state index in [9.17, 15) is 9.59 Å². The third kappa shape index (κ3) is 2.83. The van der Waals surface area contributed by atoms with Crippen LogP contribution < -0.4 is 5.56 Å². The van der Waals surface area contributed by atoms with Crippen LogP contribution in [0.3, 0.4) is 0 Å². The van der Waals surface area contributed by atoms with Gasteiger partial charge in [-0.25, -0.2) is 0 Å². The molecule has 1 heterocycles. The summed E-state index contributed by atoms with van der Waals surface area (Å²) in [5, 5.41) is 8.44. The normalized spacial score (nSPS) is 9.92. The molecule has 0 aliphatic rings. The second kappa shape index (κ2) is 4.40. The number of carbonyl (C=O) groups is 1. The zero-order chi connectivity index (χ0) is 9.84. The van der Waals surface area contributed by atoms with Crippen molar-refractivity contribution in [2.24, 2.45) is 0 Å². The second-order valence-corrected chi connectivity index (χ2v) is 3.69. The highest BCUT2D eigenvalue weighted by Crippen LogP contribution is 2.08. The molecular weight excluding hydrogens is 285 g/mol. The van der Waals surface area contributed by atoms with E-state index in [0.29, 0.717) is 5.56 Å². The summed E-state index contributed by atoms with van der Waals surface area (Å²) in [4.78, 5) is 24.0. The maximum atomic E-state index is 11.2. The van der Waals surface area contributed by atoms with Gasteiger partial charge < -0.3 is 10.1 Å². The molecule has 0 aromatic carbocycles. The van der Waals surface area contributed by atoms with E-state index in [-0.39, 0.29) is 18.4 Å². The number of aromatic amines is 1. The number of carboxylic acids is 1. The number of hydrogen-bond donors (Lipinski definition) is 2. The summed E-state index contributed by atoms with van der Waals surface area (Å²) in [6, 6.07) is 1.75. The number of H-pyrrole nitrogens is 1. The van der Waals surface area contributed by atoms with Gasteiger partial charge in [0.1, 0.15) is 0 Å². The van der Waals surface area contributed by atoms with Crippen LogP contribution in [0.5, 0.6) is 0 Å². The number of aromatic nitrogens is 1. The van der Waals surface area contributed by atoms with E-state index >= 15 is 0 Å².